The third-order valence-electron chi connectivity index (χ3n) is 1.96. The number of ether oxygens (including phenoxy) is 2. The number of rotatable bonds is 3. The predicted molar refractivity (Wildman–Crippen MR) is 57.6 cm³/mol. The molecule has 3 nitrogen and oxygen atoms in total. The zero-order chi connectivity index (χ0) is 11.3. The molecule has 0 aliphatic heterocycles. The van der Waals surface area contributed by atoms with Crippen molar-refractivity contribution in [2.45, 2.75) is 13.8 Å². The van der Waals surface area contributed by atoms with Crippen molar-refractivity contribution < 1.29 is 14.3 Å². The summed E-state index contributed by atoms with van der Waals surface area (Å²) in [5.41, 5.74) is 0.973. The van der Waals surface area contributed by atoms with Gasteiger partial charge in [-0.3, -0.25) is 0 Å². The van der Waals surface area contributed by atoms with Gasteiger partial charge in [0.2, 0.25) is 5.76 Å². The summed E-state index contributed by atoms with van der Waals surface area (Å²) < 4.78 is 10.0. The number of carbonyl (C=O) groups is 1. The smallest absolute Gasteiger partial charge is 0.373 e. The number of esters is 1. The number of hydrogen-bond donors (Lipinski definition) is 0. The average Bonchev–Trinajstić information content (AvgIpc) is 2.27. The molecule has 0 radical (unpaired) electrons. The van der Waals surface area contributed by atoms with Crippen molar-refractivity contribution in [3.05, 3.63) is 41.7 Å². The van der Waals surface area contributed by atoms with Crippen LogP contribution in [-0.2, 0) is 9.53 Å². The summed E-state index contributed by atoms with van der Waals surface area (Å²) in [6, 6.07) is 7.49. The van der Waals surface area contributed by atoms with Gasteiger partial charge in [-0.15, -0.1) is 0 Å². The van der Waals surface area contributed by atoms with Gasteiger partial charge in [0.05, 0.1) is 7.11 Å². The van der Waals surface area contributed by atoms with Gasteiger partial charge in [-0.05, 0) is 31.6 Å². The number of hydrogen-bond acceptors (Lipinski definition) is 3. The fourth-order valence-electron chi connectivity index (χ4n) is 1.11. The standard InChI is InChI=1S/C12H14O3/c1-4-10(12(13)14-3)15-11-8-6-5-7-9(11)2/h4-8H,1-3H3/b10-4-. The molecule has 1 aromatic rings. The molecule has 0 N–H and O–H groups in total. The Labute approximate surface area is 89.3 Å². The Bertz CT molecular complexity index is 380. The van der Waals surface area contributed by atoms with Crippen LogP contribution >= 0.6 is 0 Å². The van der Waals surface area contributed by atoms with Gasteiger partial charge in [-0.1, -0.05) is 18.2 Å². The van der Waals surface area contributed by atoms with Gasteiger partial charge in [0, 0.05) is 0 Å². The normalized spacial score (nSPS) is 11.0. The summed E-state index contributed by atoms with van der Waals surface area (Å²) in [6.07, 6.45) is 1.58. The molecular formula is C12H14O3. The Hall–Kier alpha value is -1.77. The summed E-state index contributed by atoms with van der Waals surface area (Å²) in [7, 11) is 1.33. The molecule has 0 fully saturated rings. The molecule has 15 heavy (non-hydrogen) atoms. The van der Waals surface area contributed by atoms with Gasteiger partial charge in [0.25, 0.3) is 0 Å². The van der Waals surface area contributed by atoms with E-state index in [-0.39, 0.29) is 5.76 Å². The van der Waals surface area contributed by atoms with Crippen molar-refractivity contribution in [2.75, 3.05) is 7.11 Å². The van der Waals surface area contributed by atoms with Crippen molar-refractivity contribution >= 4 is 5.97 Å². The van der Waals surface area contributed by atoms with Crippen LogP contribution in [0.2, 0.25) is 0 Å². The van der Waals surface area contributed by atoms with E-state index in [1.807, 2.05) is 31.2 Å². The number of benzene rings is 1. The molecule has 0 spiro atoms. The lowest BCUT2D eigenvalue weighted by Crippen LogP contribution is -2.10. The molecular weight excluding hydrogens is 192 g/mol. The van der Waals surface area contributed by atoms with Crippen LogP contribution in [0.5, 0.6) is 5.75 Å². The van der Waals surface area contributed by atoms with Crippen LogP contribution in [0, 0.1) is 6.92 Å². The highest BCUT2D eigenvalue weighted by molar-refractivity contribution is 5.86. The molecule has 0 aromatic heterocycles. The first-order valence-corrected chi connectivity index (χ1v) is 4.67. The number of carbonyl (C=O) groups excluding carboxylic acids is 1. The van der Waals surface area contributed by atoms with E-state index < -0.39 is 5.97 Å². The van der Waals surface area contributed by atoms with E-state index in [9.17, 15) is 4.79 Å². The van der Waals surface area contributed by atoms with E-state index >= 15 is 0 Å². The van der Waals surface area contributed by atoms with Crippen LogP contribution in [0.25, 0.3) is 0 Å². The third-order valence-corrected chi connectivity index (χ3v) is 1.96. The molecule has 0 saturated heterocycles. The number of allylic oxidation sites excluding steroid dienone is 1. The van der Waals surface area contributed by atoms with E-state index in [4.69, 9.17) is 4.74 Å². The Morgan fingerprint density at radius 2 is 2.00 bits per heavy atom. The first-order chi connectivity index (χ1) is 7.19. The molecule has 0 amide bonds. The molecule has 0 unspecified atom stereocenters. The predicted octanol–water partition coefficient (Wildman–Crippen LogP) is 2.45. The third kappa shape index (κ3) is 2.84. The first kappa shape index (κ1) is 11.3. The second-order valence-electron chi connectivity index (χ2n) is 3.01. The summed E-state index contributed by atoms with van der Waals surface area (Å²) in [4.78, 5) is 11.2. The van der Waals surface area contributed by atoms with Crippen molar-refractivity contribution in [1.82, 2.24) is 0 Å². The molecule has 3 heteroatoms. The summed E-state index contributed by atoms with van der Waals surface area (Å²) in [5.74, 6) is 0.392. The number of aryl methyl sites for hydroxylation is 1. The number of methoxy groups -OCH3 is 1. The molecule has 0 atom stereocenters. The molecule has 0 heterocycles. The highest BCUT2D eigenvalue weighted by Crippen LogP contribution is 2.19. The van der Waals surface area contributed by atoms with Crippen LogP contribution in [0.4, 0.5) is 0 Å². The molecule has 0 bridgehead atoms. The van der Waals surface area contributed by atoms with Crippen molar-refractivity contribution in [3.8, 4) is 5.75 Å². The average molecular weight is 206 g/mol. The lowest BCUT2D eigenvalue weighted by atomic mass is 10.2. The van der Waals surface area contributed by atoms with Crippen LogP contribution in [0.15, 0.2) is 36.1 Å². The lowest BCUT2D eigenvalue weighted by Gasteiger charge is -2.09. The van der Waals surface area contributed by atoms with Crippen LogP contribution in [0.3, 0.4) is 0 Å². The van der Waals surface area contributed by atoms with E-state index in [1.54, 1.807) is 13.0 Å². The van der Waals surface area contributed by atoms with Crippen LogP contribution < -0.4 is 4.74 Å². The van der Waals surface area contributed by atoms with Gasteiger partial charge in [0.15, 0.2) is 0 Å². The summed E-state index contributed by atoms with van der Waals surface area (Å²) in [5, 5.41) is 0. The van der Waals surface area contributed by atoms with Gasteiger partial charge < -0.3 is 9.47 Å². The van der Waals surface area contributed by atoms with Gasteiger partial charge in [-0.25, -0.2) is 4.79 Å². The van der Waals surface area contributed by atoms with Gasteiger partial charge >= 0.3 is 5.97 Å². The fraction of sp³-hybridized carbons (Fsp3) is 0.250. The van der Waals surface area contributed by atoms with E-state index in [2.05, 4.69) is 4.74 Å². The minimum Gasteiger partial charge on any atom is -0.463 e. The maximum Gasteiger partial charge on any atom is 0.373 e. The SMILES string of the molecule is C/C=C(\Oc1ccccc1C)C(=O)OC. The highest BCUT2D eigenvalue weighted by atomic mass is 16.6. The van der Waals surface area contributed by atoms with Gasteiger partial charge in [0.1, 0.15) is 5.75 Å². The second kappa shape index (κ2) is 5.20. The Kier molecular flexibility index (Phi) is 3.92. The Morgan fingerprint density at radius 1 is 1.33 bits per heavy atom. The van der Waals surface area contributed by atoms with Crippen molar-refractivity contribution in [3.63, 3.8) is 0 Å². The summed E-state index contributed by atoms with van der Waals surface area (Å²) in [6.45, 7) is 3.64. The topological polar surface area (TPSA) is 35.5 Å². The lowest BCUT2D eigenvalue weighted by molar-refractivity contribution is -0.138. The molecule has 0 aliphatic carbocycles. The maximum atomic E-state index is 11.2. The van der Waals surface area contributed by atoms with E-state index in [1.165, 1.54) is 7.11 Å². The Morgan fingerprint density at radius 3 is 2.53 bits per heavy atom. The van der Waals surface area contributed by atoms with Gasteiger partial charge in [-0.2, -0.15) is 0 Å². The molecule has 80 valence electrons. The zero-order valence-electron chi connectivity index (χ0n) is 9.11. The van der Waals surface area contributed by atoms with Crippen LogP contribution in [-0.4, -0.2) is 13.1 Å². The van der Waals surface area contributed by atoms with Crippen molar-refractivity contribution in [1.29, 1.82) is 0 Å². The highest BCUT2D eigenvalue weighted by Gasteiger charge is 2.11. The molecule has 0 aliphatic rings. The quantitative estimate of drug-likeness (QED) is 0.433. The Balaban J connectivity index is 2.86. The number of para-hydroxylation sites is 1. The first-order valence-electron chi connectivity index (χ1n) is 4.67. The molecule has 1 aromatic carbocycles. The second-order valence-corrected chi connectivity index (χ2v) is 3.01. The van der Waals surface area contributed by atoms with E-state index in [0.29, 0.717) is 5.75 Å². The molecule has 0 saturated carbocycles. The maximum absolute atomic E-state index is 11.2. The molecule has 1 rings (SSSR count). The minimum absolute atomic E-state index is 0.201. The van der Waals surface area contributed by atoms with Crippen LogP contribution in [0.1, 0.15) is 12.5 Å². The largest absolute Gasteiger partial charge is 0.463 e. The van der Waals surface area contributed by atoms with Crippen molar-refractivity contribution in [2.24, 2.45) is 0 Å². The monoisotopic (exact) mass is 206 g/mol. The van der Waals surface area contributed by atoms with E-state index in [0.717, 1.165) is 5.56 Å². The minimum atomic E-state index is -0.472. The summed E-state index contributed by atoms with van der Waals surface area (Å²) >= 11 is 0. The zero-order valence-corrected chi connectivity index (χ0v) is 9.11. The fourth-order valence-corrected chi connectivity index (χ4v) is 1.11.